The van der Waals surface area contributed by atoms with Gasteiger partial charge in [0.15, 0.2) is 5.82 Å². The van der Waals surface area contributed by atoms with Gasteiger partial charge in [-0.05, 0) is 30.3 Å². The molecule has 0 unspecified atom stereocenters. The number of hydrogen-bond acceptors (Lipinski definition) is 4. The lowest BCUT2D eigenvalue weighted by molar-refractivity contribution is -0.116. The lowest BCUT2D eigenvalue weighted by Gasteiger charge is -2.03. The molecule has 0 aliphatic heterocycles. The molecule has 2 aromatic carbocycles. The fraction of sp³-hybridized carbons (Fsp3) is 0.0909. The predicted molar refractivity (Wildman–Crippen MR) is 114 cm³/mol. The number of nitrogens with zero attached hydrogens (tertiary/aromatic N) is 6. The summed E-state index contributed by atoms with van der Waals surface area (Å²) >= 11 is 0. The molecule has 30 heavy (non-hydrogen) atoms. The molecule has 148 valence electrons. The van der Waals surface area contributed by atoms with Crippen molar-refractivity contribution in [1.82, 2.24) is 29.3 Å². The van der Waals surface area contributed by atoms with Crippen LogP contribution in [0.2, 0.25) is 0 Å². The maximum atomic E-state index is 12.5. The van der Waals surface area contributed by atoms with Crippen LogP contribution in [0.3, 0.4) is 0 Å². The first-order valence-electron chi connectivity index (χ1n) is 9.53. The molecule has 1 N–H and O–H groups in total. The Morgan fingerprint density at radius 1 is 1.00 bits per heavy atom. The highest BCUT2D eigenvalue weighted by atomic mass is 16.2. The number of carbonyl (C=O) groups excluding carboxylic acids is 1. The molecule has 0 radical (unpaired) electrons. The maximum Gasteiger partial charge on any atom is 0.247 e. The molecule has 3 heterocycles. The van der Waals surface area contributed by atoms with Gasteiger partial charge in [0.05, 0.1) is 23.1 Å². The molecule has 8 nitrogen and oxygen atoms in total. The number of rotatable bonds is 5. The fourth-order valence-corrected chi connectivity index (χ4v) is 3.41. The Kier molecular flexibility index (Phi) is 4.36. The van der Waals surface area contributed by atoms with Crippen molar-refractivity contribution < 1.29 is 4.79 Å². The van der Waals surface area contributed by atoms with Gasteiger partial charge >= 0.3 is 0 Å². The molecule has 0 atom stereocenters. The van der Waals surface area contributed by atoms with Crippen LogP contribution in [0.4, 0.5) is 5.82 Å². The Morgan fingerprint density at radius 2 is 1.80 bits per heavy atom. The first-order valence-corrected chi connectivity index (χ1v) is 9.53. The van der Waals surface area contributed by atoms with Gasteiger partial charge in [0.2, 0.25) is 5.91 Å². The van der Waals surface area contributed by atoms with Gasteiger partial charge in [-0.2, -0.15) is 15.3 Å². The van der Waals surface area contributed by atoms with E-state index in [9.17, 15) is 4.79 Å². The van der Waals surface area contributed by atoms with Gasteiger partial charge in [-0.15, -0.1) is 0 Å². The predicted octanol–water partition coefficient (Wildman–Crippen LogP) is 3.26. The van der Waals surface area contributed by atoms with Crippen molar-refractivity contribution in [2.45, 2.75) is 6.54 Å². The van der Waals surface area contributed by atoms with Crippen LogP contribution in [0, 0.1) is 0 Å². The normalized spacial score (nSPS) is 11.1. The van der Waals surface area contributed by atoms with Crippen LogP contribution in [0.25, 0.3) is 27.8 Å². The monoisotopic (exact) mass is 397 g/mol. The second kappa shape index (κ2) is 7.32. The Morgan fingerprint density at radius 3 is 2.67 bits per heavy atom. The van der Waals surface area contributed by atoms with E-state index in [1.807, 2.05) is 73.9 Å². The third kappa shape index (κ3) is 3.35. The van der Waals surface area contributed by atoms with Gasteiger partial charge in [-0.3, -0.25) is 14.2 Å². The molecular formula is C22H19N7O. The van der Waals surface area contributed by atoms with Gasteiger partial charge in [0.25, 0.3) is 0 Å². The van der Waals surface area contributed by atoms with Gasteiger partial charge in [-0.25, -0.2) is 4.68 Å². The largest absolute Gasteiger partial charge is 0.307 e. The second-order valence-electron chi connectivity index (χ2n) is 6.95. The van der Waals surface area contributed by atoms with Crippen LogP contribution in [-0.2, 0) is 18.4 Å². The van der Waals surface area contributed by atoms with Crippen LogP contribution in [0.15, 0.2) is 79.3 Å². The zero-order valence-electron chi connectivity index (χ0n) is 16.3. The molecule has 0 bridgehead atoms. The first-order chi connectivity index (χ1) is 14.7. The average molecular weight is 397 g/mol. The van der Waals surface area contributed by atoms with Crippen LogP contribution in [0.5, 0.6) is 0 Å². The Balaban J connectivity index is 1.30. The van der Waals surface area contributed by atoms with Crippen LogP contribution >= 0.6 is 0 Å². The van der Waals surface area contributed by atoms with Crippen molar-refractivity contribution >= 4 is 22.6 Å². The summed E-state index contributed by atoms with van der Waals surface area (Å²) in [6, 6.07) is 19.5. The number of aryl methyl sites for hydroxylation is 1. The van der Waals surface area contributed by atoms with Gasteiger partial charge in [0, 0.05) is 30.4 Å². The van der Waals surface area contributed by atoms with Crippen molar-refractivity contribution in [3.8, 4) is 16.9 Å². The summed E-state index contributed by atoms with van der Waals surface area (Å²) in [4.78, 5) is 12.5. The molecular weight excluding hydrogens is 378 g/mol. The van der Waals surface area contributed by atoms with E-state index in [1.54, 1.807) is 26.4 Å². The highest BCUT2D eigenvalue weighted by Gasteiger charge is 2.13. The lowest BCUT2D eigenvalue weighted by Crippen LogP contribution is -2.19. The van der Waals surface area contributed by atoms with Crippen molar-refractivity contribution in [1.29, 1.82) is 0 Å². The zero-order valence-corrected chi connectivity index (χ0v) is 16.3. The highest BCUT2D eigenvalue weighted by molar-refractivity contribution is 5.99. The van der Waals surface area contributed by atoms with Crippen LogP contribution in [0.1, 0.15) is 0 Å². The van der Waals surface area contributed by atoms with E-state index in [0.717, 1.165) is 27.8 Å². The minimum absolute atomic E-state index is 0.0950. The first kappa shape index (κ1) is 17.9. The summed E-state index contributed by atoms with van der Waals surface area (Å²) in [5.74, 6) is 0.364. The molecule has 0 saturated heterocycles. The summed E-state index contributed by atoms with van der Waals surface area (Å²) in [5.41, 5.74) is 3.58. The smallest absolute Gasteiger partial charge is 0.247 e. The summed E-state index contributed by atoms with van der Waals surface area (Å²) in [6.45, 7) is 0.0950. The van der Waals surface area contributed by atoms with Crippen LogP contribution in [-0.4, -0.2) is 35.2 Å². The van der Waals surface area contributed by atoms with E-state index < -0.39 is 0 Å². The standard InChI is InChI=1S/C22H19N7O/c1-27-20-10-6-5-9-18(20)22(26-27)24-21(30)15-28-12-11-19(25-28)16-13-23-29(14-16)17-7-3-2-4-8-17/h2-14H,15H2,1H3,(H,24,26,30). The molecule has 0 aliphatic carbocycles. The highest BCUT2D eigenvalue weighted by Crippen LogP contribution is 2.22. The minimum atomic E-state index is -0.187. The number of anilines is 1. The van der Waals surface area contributed by atoms with Crippen LogP contribution < -0.4 is 5.32 Å². The summed E-state index contributed by atoms with van der Waals surface area (Å²) in [5, 5.41) is 17.1. The van der Waals surface area contributed by atoms with E-state index >= 15 is 0 Å². The molecule has 0 aliphatic rings. The number of nitrogens with one attached hydrogen (secondary N) is 1. The number of benzene rings is 2. The minimum Gasteiger partial charge on any atom is -0.307 e. The van der Waals surface area contributed by atoms with E-state index in [1.165, 1.54) is 0 Å². The molecule has 1 amide bonds. The van der Waals surface area contributed by atoms with Gasteiger partial charge < -0.3 is 5.32 Å². The van der Waals surface area contributed by atoms with Crippen molar-refractivity contribution in [2.75, 3.05) is 5.32 Å². The number of hydrogen-bond donors (Lipinski definition) is 1. The lowest BCUT2D eigenvalue weighted by atomic mass is 10.2. The molecule has 5 aromatic rings. The van der Waals surface area contributed by atoms with Gasteiger partial charge in [0.1, 0.15) is 6.54 Å². The van der Waals surface area contributed by atoms with E-state index in [2.05, 4.69) is 20.6 Å². The molecule has 0 saturated carbocycles. The number of fused-ring (bicyclic) bond motifs is 1. The molecule has 3 aromatic heterocycles. The van der Waals surface area contributed by atoms with Gasteiger partial charge in [-0.1, -0.05) is 30.3 Å². The summed E-state index contributed by atoms with van der Waals surface area (Å²) < 4.78 is 5.16. The number of amides is 1. The Hall–Kier alpha value is -4.20. The molecule has 0 spiro atoms. The quantitative estimate of drug-likeness (QED) is 0.493. The fourth-order valence-electron chi connectivity index (χ4n) is 3.41. The molecule has 8 heteroatoms. The zero-order chi connectivity index (χ0) is 20.5. The van der Waals surface area contributed by atoms with Crippen molar-refractivity contribution in [3.05, 3.63) is 79.3 Å². The number of para-hydroxylation sites is 2. The number of aromatic nitrogens is 6. The maximum absolute atomic E-state index is 12.5. The van der Waals surface area contributed by atoms with E-state index in [-0.39, 0.29) is 12.5 Å². The summed E-state index contributed by atoms with van der Waals surface area (Å²) in [6.07, 6.45) is 5.47. The number of carbonyl (C=O) groups is 1. The van der Waals surface area contributed by atoms with E-state index in [0.29, 0.717) is 5.82 Å². The average Bonchev–Trinajstić information content (AvgIpc) is 3.49. The summed E-state index contributed by atoms with van der Waals surface area (Å²) in [7, 11) is 1.85. The third-order valence-corrected chi connectivity index (χ3v) is 4.86. The third-order valence-electron chi connectivity index (χ3n) is 4.86. The Bertz CT molecular complexity index is 1330. The van der Waals surface area contributed by atoms with E-state index in [4.69, 9.17) is 0 Å². The second-order valence-corrected chi connectivity index (χ2v) is 6.95. The van der Waals surface area contributed by atoms with Crippen molar-refractivity contribution in [2.24, 2.45) is 7.05 Å². The van der Waals surface area contributed by atoms with Crippen molar-refractivity contribution in [3.63, 3.8) is 0 Å². The Labute approximate surface area is 172 Å². The SMILES string of the molecule is Cn1nc(NC(=O)Cn2ccc(-c3cnn(-c4ccccc4)c3)n2)c2ccccc21. The topological polar surface area (TPSA) is 82.6 Å². The molecule has 0 fully saturated rings. The molecule has 5 rings (SSSR count).